The summed E-state index contributed by atoms with van der Waals surface area (Å²) in [6, 6.07) is 5.94. The van der Waals surface area contributed by atoms with Crippen molar-refractivity contribution in [3.05, 3.63) is 29.1 Å². The standard InChI is InChI=1S/C21H27N3O3S/c1-13(2)20(26)24-9-5-6-15(11-24)19(25)23-21-22-17(12-28-21)16-10-14(3)7-8-18(16)27-4/h7-8,10,12-13,15H,5-6,9,11H2,1-4H3,(H,22,23,25)/t15-/m0/s1. The third kappa shape index (κ3) is 4.52. The van der Waals surface area contributed by atoms with Crippen LogP contribution in [0.4, 0.5) is 5.13 Å². The first kappa shape index (κ1) is 20.3. The van der Waals surface area contributed by atoms with Crippen LogP contribution in [-0.4, -0.2) is 41.9 Å². The Morgan fingerprint density at radius 1 is 1.36 bits per heavy atom. The van der Waals surface area contributed by atoms with Crippen LogP contribution in [-0.2, 0) is 9.59 Å². The number of aryl methyl sites for hydroxylation is 1. The number of nitrogens with zero attached hydrogens (tertiary/aromatic N) is 2. The highest BCUT2D eigenvalue weighted by Crippen LogP contribution is 2.33. The average Bonchev–Trinajstić information content (AvgIpc) is 3.15. The van der Waals surface area contributed by atoms with Crippen molar-refractivity contribution in [2.24, 2.45) is 11.8 Å². The van der Waals surface area contributed by atoms with E-state index in [9.17, 15) is 9.59 Å². The highest BCUT2D eigenvalue weighted by molar-refractivity contribution is 7.14. The Bertz CT molecular complexity index is 862. The molecule has 7 heteroatoms. The van der Waals surface area contributed by atoms with E-state index in [4.69, 9.17) is 4.74 Å². The van der Waals surface area contributed by atoms with Gasteiger partial charge in [0.2, 0.25) is 11.8 Å². The summed E-state index contributed by atoms with van der Waals surface area (Å²) in [6.07, 6.45) is 1.64. The minimum atomic E-state index is -0.197. The second kappa shape index (κ2) is 8.73. The van der Waals surface area contributed by atoms with Crippen LogP contribution in [0.25, 0.3) is 11.3 Å². The molecule has 1 atom stereocenters. The van der Waals surface area contributed by atoms with E-state index in [0.717, 1.165) is 42.0 Å². The molecule has 0 aliphatic carbocycles. The van der Waals surface area contributed by atoms with Gasteiger partial charge in [0.25, 0.3) is 0 Å². The lowest BCUT2D eigenvalue weighted by Gasteiger charge is -2.33. The Balaban J connectivity index is 1.69. The summed E-state index contributed by atoms with van der Waals surface area (Å²) in [5.41, 5.74) is 2.80. The fourth-order valence-electron chi connectivity index (χ4n) is 3.44. The van der Waals surface area contributed by atoms with Crippen LogP contribution in [0, 0.1) is 18.8 Å². The molecule has 1 aromatic carbocycles. The number of rotatable bonds is 5. The van der Waals surface area contributed by atoms with Crippen LogP contribution < -0.4 is 10.1 Å². The number of thiazole rings is 1. The maximum absolute atomic E-state index is 12.7. The topological polar surface area (TPSA) is 71.5 Å². The van der Waals surface area contributed by atoms with Crippen LogP contribution in [0.15, 0.2) is 23.6 Å². The van der Waals surface area contributed by atoms with Crippen molar-refractivity contribution in [1.82, 2.24) is 9.88 Å². The number of ether oxygens (including phenoxy) is 1. The molecule has 1 N–H and O–H groups in total. The minimum absolute atomic E-state index is 0.0485. The molecule has 150 valence electrons. The SMILES string of the molecule is COc1ccc(C)cc1-c1csc(NC(=O)[C@H]2CCCN(C(=O)C(C)C)C2)n1. The van der Waals surface area contributed by atoms with E-state index in [-0.39, 0.29) is 23.7 Å². The lowest BCUT2D eigenvalue weighted by Crippen LogP contribution is -2.45. The normalized spacial score (nSPS) is 16.9. The highest BCUT2D eigenvalue weighted by atomic mass is 32.1. The molecule has 2 heterocycles. The smallest absolute Gasteiger partial charge is 0.231 e. The second-order valence-electron chi connectivity index (χ2n) is 7.51. The summed E-state index contributed by atoms with van der Waals surface area (Å²) in [7, 11) is 1.64. The fraction of sp³-hybridized carbons (Fsp3) is 0.476. The number of likely N-dealkylation sites (tertiary alicyclic amines) is 1. The maximum Gasteiger partial charge on any atom is 0.231 e. The van der Waals surface area contributed by atoms with Gasteiger partial charge in [-0.3, -0.25) is 9.59 Å². The van der Waals surface area contributed by atoms with Gasteiger partial charge in [0.15, 0.2) is 5.13 Å². The lowest BCUT2D eigenvalue weighted by molar-refractivity contribution is -0.137. The molecule has 1 fully saturated rings. The van der Waals surface area contributed by atoms with E-state index in [2.05, 4.69) is 10.3 Å². The van der Waals surface area contributed by atoms with Gasteiger partial charge in [0.05, 0.1) is 18.7 Å². The Morgan fingerprint density at radius 2 is 2.14 bits per heavy atom. The number of hydrogen-bond acceptors (Lipinski definition) is 5. The third-order valence-electron chi connectivity index (χ3n) is 4.96. The molecule has 1 aliphatic heterocycles. The molecule has 3 rings (SSSR count). The number of amides is 2. The highest BCUT2D eigenvalue weighted by Gasteiger charge is 2.29. The van der Waals surface area contributed by atoms with E-state index >= 15 is 0 Å². The number of benzene rings is 1. The summed E-state index contributed by atoms with van der Waals surface area (Å²) < 4.78 is 5.43. The summed E-state index contributed by atoms with van der Waals surface area (Å²) in [5.74, 6) is 0.549. The first-order valence-electron chi connectivity index (χ1n) is 9.59. The largest absolute Gasteiger partial charge is 0.496 e. The van der Waals surface area contributed by atoms with Crippen molar-refractivity contribution in [2.75, 3.05) is 25.5 Å². The zero-order valence-electron chi connectivity index (χ0n) is 16.8. The van der Waals surface area contributed by atoms with E-state index < -0.39 is 0 Å². The van der Waals surface area contributed by atoms with Gasteiger partial charge in [-0.1, -0.05) is 25.5 Å². The van der Waals surface area contributed by atoms with Gasteiger partial charge in [0, 0.05) is 30.0 Å². The Morgan fingerprint density at radius 3 is 2.86 bits per heavy atom. The quantitative estimate of drug-likeness (QED) is 0.823. The Labute approximate surface area is 169 Å². The molecule has 0 unspecified atom stereocenters. The molecular weight excluding hydrogens is 374 g/mol. The van der Waals surface area contributed by atoms with Crippen LogP contribution in [0.2, 0.25) is 0 Å². The maximum atomic E-state index is 12.7. The Hall–Kier alpha value is -2.41. The van der Waals surface area contributed by atoms with Gasteiger partial charge >= 0.3 is 0 Å². The molecule has 6 nitrogen and oxygen atoms in total. The predicted octanol–water partition coefficient (Wildman–Crippen LogP) is 3.96. The van der Waals surface area contributed by atoms with Crippen molar-refractivity contribution in [3.8, 4) is 17.0 Å². The molecule has 0 saturated carbocycles. The number of nitrogens with one attached hydrogen (secondary N) is 1. The number of aromatic nitrogens is 1. The van der Waals surface area contributed by atoms with Crippen molar-refractivity contribution < 1.29 is 14.3 Å². The minimum Gasteiger partial charge on any atom is -0.496 e. The third-order valence-corrected chi connectivity index (χ3v) is 5.72. The van der Waals surface area contributed by atoms with Crippen LogP contribution in [0.1, 0.15) is 32.3 Å². The number of anilines is 1. The molecule has 0 radical (unpaired) electrons. The fourth-order valence-corrected chi connectivity index (χ4v) is 4.15. The van der Waals surface area contributed by atoms with Crippen molar-refractivity contribution >= 4 is 28.3 Å². The molecule has 2 amide bonds. The molecular formula is C21H27N3O3S. The first-order valence-corrected chi connectivity index (χ1v) is 10.5. The van der Waals surface area contributed by atoms with Gasteiger partial charge in [-0.05, 0) is 31.9 Å². The van der Waals surface area contributed by atoms with Crippen LogP contribution in [0.3, 0.4) is 0 Å². The van der Waals surface area contributed by atoms with Gasteiger partial charge in [-0.2, -0.15) is 0 Å². The summed E-state index contributed by atoms with van der Waals surface area (Å²) in [5, 5.41) is 5.42. The number of carbonyl (C=O) groups excluding carboxylic acids is 2. The predicted molar refractivity (Wildman–Crippen MR) is 112 cm³/mol. The average molecular weight is 402 g/mol. The second-order valence-corrected chi connectivity index (χ2v) is 8.37. The van der Waals surface area contributed by atoms with Gasteiger partial charge in [0.1, 0.15) is 5.75 Å². The molecule has 0 bridgehead atoms. The molecule has 1 aliphatic rings. The summed E-state index contributed by atoms with van der Waals surface area (Å²) in [6.45, 7) is 7.01. The number of hydrogen-bond donors (Lipinski definition) is 1. The zero-order chi connectivity index (χ0) is 20.3. The van der Waals surface area contributed by atoms with Gasteiger partial charge in [-0.25, -0.2) is 4.98 Å². The van der Waals surface area contributed by atoms with E-state index in [0.29, 0.717) is 11.7 Å². The summed E-state index contributed by atoms with van der Waals surface area (Å²) in [4.78, 5) is 31.3. The van der Waals surface area contributed by atoms with E-state index in [1.165, 1.54) is 11.3 Å². The number of carbonyl (C=O) groups is 2. The first-order chi connectivity index (χ1) is 13.4. The molecule has 0 spiro atoms. The Kier molecular flexibility index (Phi) is 6.34. The molecule has 1 saturated heterocycles. The van der Waals surface area contributed by atoms with Crippen molar-refractivity contribution in [2.45, 2.75) is 33.6 Å². The zero-order valence-corrected chi connectivity index (χ0v) is 17.6. The van der Waals surface area contributed by atoms with Crippen molar-refractivity contribution in [1.29, 1.82) is 0 Å². The molecule has 2 aromatic rings. The number of methoxy groups -OCH3 is 1. The van der Waals surface area contributed by atoms with E-state index in [1.807, 2.05) is 49.3 Å². The monoisotopic (exact) mass is 401 g/mol. The molecule has 1 aromatic heterocycles. The van der Waals surface area contributed by atoms with E-state index in [1.54, 1.807) is 7.11 Å². The van der Waals surface area contributed by atoms with Crippen LogP contribution >= 0.6 is 11.3 Å². The lowest BCUT2D eigenvalue weighted by atomic mass is 9.96. The van der Waals surface area contributed by atoms with Gasteiger partial charge in [-0.15, -0.1) is 11.3 Å². The van der Waals surface area contributed by atoms with Crippen LogP contribution in [0.5, 0.6) is 5.75 Å². The van der Waals surface area contributed by atoms with Gasteiger partial charge < -0.3 is 15.0 Å². The number of piperidine rings is 1. The van der Waals surface area contributed by atoms with Crippen molar-refractivity contribution in [3.63, 3.8) is 0 Å². The summed E-state index contributed by atoms with van der Waals surface area (Å²) >= 11 is 1.39. The molecule has 28 heavy (non-hydrogen) atoms.